The zero-order chi connectivity index (χ0) is 35.6. The fourth-order valence-corrected chi connectivity index (χ4v) is 6.05. The summed E-state index contributed by atoms with van der Waals surface area (Å²) in [5.74, 6) is 2.23. The van der Waals surface area contributed by atoms with E-state index in [1.165, 1.54) is 16.7 Å². The molecule has 0 unspecified atom stereocenters. The molecule has 2 aromatic heterocycles. The Morgan fingerprint density at radius 1 is 0.765 bits per heavy atom. The standard InChI is InChI=1S/C42H43ClN4O4/c1-30-4-7-35(8-5-30)29-50-37-14-16-40(45-27-37)51-42-32(3)24-36(25-38(42)43)13-17-41(48)47-21-19-46(20-22-47)28-34-11-9-33(10-12-34)18-23-49-39-15-6-31(2)26-44-39/h4-17,24-27H,18-23,28-29H2,1-3H3. The van der Waals surface area contributed by atoms with Gasteiger partial charge in [-0.3, -0.25) is 9.69 Å². The summed E-state index contributed by atoms with van der Waals surface area (Å²) in [5, 5.41) is 0.443. The third-order valence-corrected chi connectivity index (χ3v) is 9.03. The fraction of sp³-hybridized carbons (Fsp3) is 0.262. The number of rotatable bonds is 13. The number of aromatic nitrogens is 2. The van der Waals surface area contributed by atoms with Gasteiger partial charge < -0.3 is 19.1 Å². The molecule has 51 heavy (non-hydrogen) atoms. The number of ether oxygens (including phenoxy) is 3. The fourth-order valence-electron chi connectivity index (χ4n) is 5.73. The lowest BCUT2D eigenvalue weighted by molar-refractivity contribution is -0.127. The van der Waals surface area contributed by atoms with Crippen molar-refractivity contribution in [2.75, 3.05) is 32.8 Å². The number of nitrogens with zero attached hydrogens (tertiary/aromatic N) is 4. The van der Waals surface area contributed by atoms with Crippen LogP contribution in [0.1, 0.15) is 38.9 Å². The third-order valence-electron chi connectivity index (χ3n) is 8.75. The molecule has 0 saturated carbocycles. The molecule has 1 amide bonds. The Morgan fingerprint density at radius 3 is 2.14 bits per heavy atom. The van der Waals surface area contributed by atoms with E-state index in [-0.39, 0.29) is 5.91 Å². The van der Waals surface area contributed by atoms with Crippen LogP contribution in [0.15, 0.2) is 103 Å². The summed E-state index contributed by atoms with van der Waals surface area (Å²) < 4.78 is 17.7. The second kappa shape index (κ2) is 17.2. The largest absolute Gasteiger partial charge is 0.487 e. The Balaban J connectivity index is 0.931. The molecule has 0 bridgehead atoms. The van der Waals surface area contributed by atoms with Gasteiger partial charge in [-0.25, -0.2) is 9.97 Å². The Labute approximate surface area is 305 Å². The van der Waals surface area contributed by atoms with Crippen LogP contribution >= 0.6 is 11.6 Å². The van der Waals surface area contributed by atoms with Crippen LogP contribution < -0.4 is 14.2 Å². The van der Waals surface area contributed by atoms with Crippen molar-refractivity contribution in [3.8, 4) is 23.3 Å². The second-order valence-electron chi connectivity index (χ2n) is 12.9. The molecule has 1 aliphatic heterocycles. The first-order valence-corrected chi connectivity index (χ1v) is 17.6. The van der Waals surface area contributed by atoms with E-state index in [0.29, 0.717) is 54.6 Å². The Bertz CT molecular complexity index is 1900. The highest BCUT2D eigenvalue weighted by Crippen LogP contribution is 2.34. The van der Waals surface area contributed by atoms with Crippen molar-refractivity contribution in [3.05, 3.63) is 147 Å². The summed E-state index contributed by atoms with van der Waals surface area (Å²) in [4.78, 5) is 26.0. The topological polar surface area (TPSA) is 77.0 Å². The summed E-state index contributed by atoms with van der Waals surface area (Å²) >= 11 is 6.63. The van der Waals surface area contributed by atoms with E-state index >= 15 is 0 Å². The molecule has 0 aliphatic carbocycles. The number of benzene rings is 3. The van der Waals surface area contributed by atoms with Crippen molar-refractivity contribution >= 4 is 23.6 Å². The number of carbonyl (C=O) groups is 1. The first-order valence-electron chi connectivity index (χ1n) is 17.2. The molecule has 9 heteroatoms. The maximum atomic E-state index is 13.0. The van der Waals surface area contributed by atoms with E-state index in [4.69, 9.17) is 25.8 Å². The average molecular weight is 703 g/mol. The van der Waals surface area contributed by atoms with Crippen molar-refractivity contribution in [1.82, 2.24) is 19.8 Å². The van der Waals surface area contributed by atoms with Gasteiger partial charge >= 0.3 is 0 Å². The van der Waals surface area contributed by atoms with Crippen LogP contribution in [0.2, 0.25) is 5.02 Å². The van der Waals surface area contributed by atoms with Gasteiger partial charge in [0.2, 0.25) is 17.7 Å². The second-order valence-corrected chi connectivity index (χ2v) is 13.3. The smallest absolute Gasteiger partial charge is 0.246 e. The maximum Gasteiger partial charge on any atom is 0.246 e. The summed E-state index contributed by atoms with van der Waals surface area (Å²) in [7, 11) is 0. The van der Waals surface area contributed by atoms with E-state index in [2.05, 4.69) is 58.2 Å². The van der Waals surface area contributed by atoms with E-state index in [0.717, 1.165) is 48.3 Å². The lowest BCUT2D eigenvalue weighted by atomic mass is 10.1. The number of pyridine rings is 2. The molecule has 262 valence electrons. The molecule has 0 radical (unpaired) electrons. The number of hydrogen-bond acceptors (Lipinski definition) is 7. The van der Waals surface area contributed by atoms with Crippen molar-refractivity contribution in [1.29, 1.82) is 0 Å². The predicted octanol–water partition coefficient (Wildman–Crippen LogP) is 8.41. The number of carbonyl (C=O) groups excluding carboxylic acids is 1. The molecular weight excluding hydrogens is 660 g/mol. The van der Waals surface area contributed by atoms with Crippen LogP contribution in [0.3, 0.4) is 0 Å². The van der Waals surface area contributed by atoms with Crippen molar-refractivity contribution in [3.63, 3.8) is 0 Å². The quantitative estimate of drug-likeness (QED) is 0.114. The minimum Gasteiger partial charge on any atom is -0.487 e. The van der Waals surface area contributed by atoms with Crippen LogP contribution in [0.25, 0.3) is 6.08 Å². The van der Waals surface area contributed by atoms with Gasteiger partial charge in [-0.2, -0.15) is 0 Å². The molecule has 1 saturated heterocycles. The number of piperazine rings is 1. The van der Waals surface area contributed by atoms with Gasteiger partial charge in [0.15, 0.2) is 5.75 Å². The highest BCUT2D eigenvalue weighted by molar-refractivity contribution is 6.32. The Hall–Kier alpha value is -5.18. The SMILES string of the molecule is Cc1ccc(COc2ccc(Oc3c(C)cc(C=CC(=O)N4CCN(Cc5ccc(CCOc6ccc(C)cn6)cc5)CC4)cc3Cl)nc2)cc1. The average Bonchev–Trinajstić information content (AvgIpc) is 3.14. The molecule has 0 N–H and O–H groups in total. The molecule has 0 spiro atoms. The highest BCUT2D eigenvalue weighted by Gasteiger charge is 2.20. The number of halogens is 1. The van der Waals surface area contributed by atoms with E-state index in [9.17, 15) is 4.79 Å². The molecule has 3 heterocycles. The predicted molar refractivity (Wildman–Crippen MR) is 202 cm³/mol. The minimum atomic E-state index is -0.00921. The maximum absolute atomic E-state index is 13.0. The first-order chi connectivity index (χ1) is 24.8. The summed E-state index contributed by atoms with van der Waals surface area (Å²) in [6.45, 7) is 10.9. The first kappa shape index (κ1) is 35.6. The Kier molecular flexibility index (Phi) is 12.0. The third kappa shape index (κ3) is 10.4. The van der Waals surface area contributed by atoms with Gasteiger partial charge in [0.05, 0.1) is 17.8 Å². The summed E-state index contributed by atoms with van der Waals surface area (Å²) in [6, 6.07) is 28.1. The van der Waals surface area contributed by atoms with Gasteiger partial charge in [-0.15, -0.1) is 0 Å². The monoisotopic (exact) mass is 702 g/mol. The van der Waals surface area contributed by atoms with Crippen molar-refractivity contribution in [2.45, 2.75) is 40.3 Å². The molecule has 8 nitrogen and oxygen atoms in total. The van der Waals surface area contributed by atoms with Gasteiger partial charge in [0.1, 0.15) is 12.4 Å². The zero-order valence-electron chi connectivity index (χ0n) is 29.3. The van der Waals surface area contributed by atoms with Gasteiger partial charge in [0.25, 0.3) is 0 Å². The van der Waals surface area contributed by atoms with Crippen LogP contribution in [0, 0.1) is 20.8 Å². The van der Waals surface area contributed by atoms with E-state index < -0.39 is 0 Å². The van der Waals surface area contributed by atoms with Gasteiger partial charge in [-0.1, -0.05) is 71.8 Å². The molecule has 5 aromatic rings. The van der Waals surface area contributed by atoms with E-state index in [1.807, 2.05) is 61.3 Å². The van der Waals surface area contributed by atoms with Crippen LogP contribution in [-0.4, -0.2) is 58.5 Å². The molecule has 1 aliphatic rings. The molecular formula is C42H43ClN4O4. The lowest BCUT2D eigenvalue weighted by Gasteiger charge is -2.34. The molecule has 0 atom stereocenters. The molecule has 3 aromatic carbocycles. The lowest BCUT2D eigenvalue weighted by Crippen LogP contribution is -2.47. The zero-order valence-corrected chi connectivity index (χ0v) is 30.1. The van der Waals surface area contributed by atoms with Crippen molar-refractivity contribution < 1.29 is 19.0 Å². The molecule has 1 fully saturated rings. The van der Waals surface area contributed by atoms with E-state index in [1.54, 1.807) is 30.5 Å². The Morgan fingerprint density at radius 2 is 1.45 bits per heavy atom. The van der Waals surface area contributed by atoms with Crippen molar-refractivity contribution in [2.24, 2.45) is 0 Å². The normalized spacial score (nSPS) is 13.4. The summed E-state index contributed by atoms with van der Waals surface area (Å²) in [5.41, 5.74) is 7.57. The number of amides is 1. The number of hydrogen-bond donors (Lipinski definition) is 0. The van der Waals surface area contributed by atoms with Gasteiger partial charge in [0, 0.05) is 63.6 Å². The summed E-state index contributed by atoms with van der Waals surface area (Å²) in [6.07, 6.45) is 7.70. The van der Waals surface area contributed by atoms with Gasteiger partial charge in [-0.05, 0) is 78.4 Å². The van der Waals surface area contributed by atoms with Crippen LogP contribution in [0.5, 0.6) is 23.3 Å². The van der Waals surface area contributed by atoms with Crippen LogP contribution in [-0.2, 0) is 24.4 Å². The number of aryl methyl sites for hydroxylation is 3. The van der Waals surface area contributed by atoms with Crippen LogP contribution in [0.4, 0.5) is 0 Å². The minimum absolute atomic E-state index is 0.00921. The molecule has 6 rings (SSSR count). The highest BCUT2D eigenvalue weighted by atomic mass is 35.5.